The number of aliphatic carboxylic acids is 1. The van der Waals surface area contributed by atoms with Gasteiger partial charge in [0, 0.05) is 36.0 Å². The highest BCUT2D eigenvalue weighted by Crippen LogP contribution is 2.32. The molecule has 118 valence electrons. The Hall–Kier alpha value is -1.80. The van der Waals surface area contributed by atoms with Crippen LogP contribution < -0.4 is 0 Å². The van der Waals surface area contributed by atoms with Crippen LogP contribution >= 0.6 is 11.3 Å². The van der Waals surface area contributed by atoms with Crippen LogP contribution in [0.4, 0.5) is 8.78 Å². The zero-order valence-corrected chi connectivity index (χ0v) is 12.4. The highest BCUT2D eigenvalue weighted by atomic mass is 32.1. The molecular weight excluding hydrogens is 312 g/mol. The molecule has 8 heteroatoms. The summed E-state index contributed by atoms with van der Waals surface area (Å²) in [5.74, 6) is -5.19. The lowest BCUT2D eigenvalue weighted by Gasteiger charge is -2.35. The second-order valence-electron chi connectivity index (χ2n) is 5.55. The van der Waals surface area contributed by atoms with Gasteiger partial charge in [-0.2, -0.15) is 16.4 Å². The lowest BCUT2D eigenvalue weighted by molar-refractivity contribution is -0.153. The van der Waals surface area contributed by atoms with E-state index in [1.165, 1.54) is 16.2 Å². The minimum Gasteiger partial charge on any atom is -0.481 e. The monoisotopic (exact) mass is 327 g/mol. The van der Waals surface area contributed by atoms with Gasteiger partial charge in [-0.25, -0.2) is 8.78 Å². The first-order chi connectivity index (χ1) is 10.4. The first-order valence-corrected chi connectivity index (χ1v) is 7.77. The molecule has 5 nitrogen and oxygen atoms in total. The van der Waals surface area contributed by atoms with Crippen LogP contribution in [0.15, 0.2) is 23.0 Å². The molecule has 0 aliphatic carbocycles. The topological polar surface area (TPSA) is 69.2 Å². The summed E-state index contributed by atoms with van der Waals surface area (Å²) in [7, 11) is 0. The third-order valence-electron chi connectivity index (χ3n) is 3.75. The summed E-state index contributed by atoms with van der Waals surface area (Å²) in [4.78, 5) is 12.6. The van der Waals surface area contributed by atoms with Crippen molar-refractivity contribution in [2.45, 2.75) is 18.9 Å². The fraction of sp³-hybridized carbons (Fsp3) is 0.429. The second kappa shape index (κ2) is 5.77. The van der Waals surface area contributed by atoms with E-state index in [0.29, 0.717) is 0 Å². The molecule has 0 aromatic carbocycles. The van der Waals surface area contributed by atoms with E-state index in [0.717, 1.165) is 16.8 Å². The molecule has 2 aromatic rings. The number of carbonyl (C=O) groups is 1. The molecule has 0 saturated carbocycles. The van der Waals surface area contributed by atoms with Crippen molar-refractivity contribution in [3.63, 3.8) is 0 Å². The highest BCUT2D eigenvalue weighted by molar-refractivity contribution is 7.08. The number of nitrogens with zero attached hydrogens (tertiary/aromatic N) is 2. The first kappa shape index (κ1) is 15.1. The molecular formula is C14H15F2N3O2S. The number of carboxylic acid groups (broad SMARTS) is 1. The molecule has 1 aliphatic heterocycles. The van der Waals surface area contributed by atoms with Crippen molar-refractivity contribution >= 4 is 17.3 Å². The first-order valence-electron chi connectivity index (χ1n) is 6.82. The van der Waals surface area contributed by atoms with Gasteiger partial charge in [0.05, 0.1) is 24.4 Å². The predicted octanol–water partition coefficient (Wildman–Crippen LogP) is 2.68. The fourth-order valence-electron chi connectivity index (χ4n) is 2.81. The summed E-state index contributed by atoms with van der Waals surface area (Å²) in [6, 6.07) is 1.92. The minimum absolute atomic E-state index is 0.124. The molecule has 0 amide bonds. The Kier molecular flexibility index (Phi) is 3.96. The van der Waals surface area contributed by atoms with E-state index in [2.05, 4.69) is 10.2 Å². The number of likely N-dealkylation sites (tertiary alicyclic amines) is 1. The summed E-state index contributed by atoms with van der Waals surface area (Å²) in [6.07, 6.45) is 1.01. The Morgan fingerprint density at radius 3 is 3.09 bits per heavy atom. The van der Waals surface area contributed by atoms with E-state index in [4.69, 9.17) is 5.11 Å². The number of hydrogen-bond donors (Lipinski definition) is 2. The number of alkyl halides is 2. The van der Waals surface area contributed by atoms with E-state index in [1.54, 1.807) is 6.20 Å². The van der Waals surface area contributed by atoms with Crippen LogP contribution in [0.25, 0.3) is 11.3 Å². The van der Waals surface area contributed by atoms with Gasteiger partial charge < -0.3 is 5.11 Å². The number of aromatic amines is 1. The number of thiophene rings is 1. The normalized spacial score (nSPS) is 21.8. The van der Waals surface area contributed by atoms with Crippen molar-refractivity contribution in [2.75, 3.05) is 13.1 Å². The highest BCUT2D eigenvalue weighted by Gasteiger charge is 2.43. The number of carboxylic acids is 1. The minimum atomic E-state index is -2.98. The zero-order chi connectivity index (χ0) is 15.7. The van der Waals surface area contributed by atoms with Crippen molar-refractivity contribution < 1.29 is 18.7 Å². The maximum atomic E-state index is 13.7. The molecule has 1 unspecified atom stereocenters. The van der Waals surface area contributed by atoms with Gasteiger partial charge in [-0.1, -0.05) is 0 Å². The number of rotatable bonds is 4. The van der Waals surface area contributed by atoms with E-state index < -0.39 is 30.8 Å². The van der Waals surface area contributed by atoms with E-state index >= 15 is 0 Å². The van der Waals surface area contributed by atoms with Crippen LogP contribution in [0.1, 0.15) is 12.0 Å². The van der Waals surface area contributed by atoms with Crippen molar-refractivity contribution in [1.29, 1.82) is 0 Å². The number of halogens is 2. The van der Waals surface area contributed by atoms with Gasteiger partial charge >= 0.3 is 5.97 Å². The predicted molar refractivity (Wildman–Crippen MR) is 77.9 cm³/mol. The van der Waals surface area contributed by atoms with Gasteiger partial charge in [-0.3, -0.25) is 14.8 Å². The van der Waals surface area contributed by atoms with E-state index in [-0.39, 0.29) is 13.1 Å². The molecule has 3 heterocycles. The lowest BCUT2D eigenvalue weighted by Crippen LogP contribution is -2.48. The number of piperidine rings is 1. The molecule has 2 N–H and O–H groups in total. The smallest absolute Gasteiger partial charge is 0.308 e. The molecule has 2 aromatic heterocycles. The average molecular weight is 327 g/mol. The van der Waals surface area contributed by atoms with E-state index in [9.17, 15) is 13.6 Å². The molecule has 1 fully saturated rings. The second-order valence-corrected chi connectivity index (χ2v) is 6.33. The van der Waals surface area contributed by atoms with Crippen molar-refractivity contribution in [1.82, 2.24) is 15.1 Å². The van der Waals surface area contributed by atoms with Gasteiger partial charge in [0.2, 0.25) is 0 Å². The molecule has 0 radical (unpaired) electrons. The summed E-state index contributed by atoms with van der Waals surface area (Å²) in [6.45, 7) is -0.0503. The molecule has 3 rings (SSSR count). The summed E-state index contributed by atoms with van der Waals surface area (Å²) >= 11 is 1.54. The quantitative estimate of drug-likeness (QED) is 0.906. The SMILES string of the molecule is O=C(O)C1CN(Cc2cn[nH]c2-c2ccsc2)CC(F)(F)C1. The Bertz CT molecular complexity index is 657. The van der Waals surface area contributed by atoms with Crippen molar-refractivity contribution in [2.24, 2.45) is 5.92 Å². The zero-order valence-electron chi connectivity index (χ0n) is 11.6. The van der Waals surface area contributed by atoms with Crippen LogP contribution in [0.2, 0.25) is 0 Å². The molecule has 1 aliphatic rings. The number of nitrogens with one attached hydrogen (secondary N) is 1. The van der Waals surface area contributed by atoms with Gasteiger partial charge in [-0.05, 0) is 11.4 Å². The number of aromatic nitrogens is 2. The van der Waals surface area contributed by atoms with Crippen molar-refractivity contribution in [3.05, 3.63) is 28.6 Å². The lowest BCUT2D eigenvalue weighted by atomic mass is 9.95. The van der Waals surface area contributed by atoms with Gasteiger partial charge in [-0.15, -0.1) is 0 Å². The molecule has 0 spiro atoms. The summed E-state index contributed by atoms with van der Waals surface area (Å²) in [5, 5.41) is 19.8. The maximum Gasteiger partial charge on any atom is 0.308 e. The molecule has 1 saturated heterocycles. The van der Waals surface area contributed by atoms with Gasteiger partial charge in [0.15, 0.2) is 0 Å². The van der Waals surface area contributed by atoms with Gasteiger partial charge in [0.25, 0.3) is 5.92 Å². The van der Waals surface area contributed by atoms with Crippen LogP contribution in [-0.4, -0.2) is 45.2 Å². The summed E-state index contributed by atoms with van der Waals surface area (Å²) < 4.78 is 27.5. The molecule has 1 atom stereocenters. The average Bonchev–Trinajstić information content (AvgIpc) is 3.06. The molecule has 22 heavy (non-hydrogen) atoms. The number of hydrogen-bond acceptors (Lipinski definition) is 4. The largest absolute Gasteiger partial charge is 0.481 e. The fourth-order valence-corrected chi connectivity index (χ4v) is 3.45. The Morgan fingerprint density at radius 2 is 2.41 bits per heavy atom. The Morgan fingerprint density at radius 1 is 1.59 bits per heavy atom. The Balaban J connectivity index is 1.78. The standard InChI is InChI=1S/C14H15F2N3O2S/c15-14(16)3-10(13(20)21)5-19(8-14)6-11-4-17-18-12(11)9-1-2-22-7-9/h1-2,4,7,10H,3,5-6,8H2,(H,17,18)(H,20,21). The van der Waals surface area contributed by atoms with Crippen molar-refractivity contribution in [3.8, 4) is 11.3 Å². The van der Waals surface area contributed by atoms with Crippen LogP contribution in [0, 0.1) is 5.92 Å². The van der Waals surface area contributed by atoms with Gasteiger partial charge in [0.1, 0.15) is 0 Å². The van der Waals surface area contributed by atoms with Crippen LogP contribution in [0.3, 0.4) is 0 Å². The van der Waals surface area contributed by atoms with Crippen LogP contribution in [-0.2, 0) is 11.3 Å². The van der Waals surface area contributed by atoms with E-state index in [1.807, 2.05) is 16.8 Å². The Labute approximate surface area is 129 Å². The third-order valence-corrected chi connectivity index (χ3v) is 4.43. The van der Waals surface area contributed by atoms with Crippen LogP contribution in [0.5, 0.6) is 0 Å². The maximum absolute atomic E-state index is 13.7. The molecule has 0 bridgehead atoms. The third kappa shape index (κ3) is 3.17. The number of H-pyrrole nitrogens is 1. The summed E-state index contributed by atoms with van der Waals surface area (Å²) in [5.41, 5.74) is 2.54.